The number of rotatable bonds is 5. The van der Waals surface area contributed by atoms with Crippen molar-refractivity contribution in [3.05, 3.63) is 76.2 Å². The highest BCUT2D eigenvalue weighted by atomic mass is 32.1. The minimum Gasteiger partial charge on any atom is -0.368 e. The SMILES string of the molecule is CCC(C(N)=O)n1c(C)nc2scc(-c3ccc(-c4ccccc4)cc3)c2c1=O. The van der Waals surface area contributed by atoms with Gasteiger partial charge in [0.25, 0.3) is 5.56 Å². The monoisotopic (exact) mass is 403 g/mol. The van der Waals surface area contributed by atoms with Crippen molar-refractivity contribution in [1.29, 1.82) is 0 Å². The van der Waals surface area contributed by atoms with Gasteiger partial charge in [-0.1, -0.05) is 61.5 Å². The summed E-state index contributed by atoms with van der Waals surface area (Å²) >= 11 is 1.43. The van der Waals surface area contributed by atoms with Gasteiger partial charge in [0.1, 0.15) is 16.7 Å². The second-order valence-electron chi connectivity index (χ2n) is 6.93. The van der Waals surface area contributed by atoms with E-state index in [2.05, 4.69) is 17.1 Å². The van der Waals surface area contributed by atoms with E-state index in [1.54, 1.807) is 6.92 Å². The minimum absolute atomic E-state index is 0.221. The van der Waals surface area contributed by atoms with Crippen LogP contribution in [0.2, 0.25) is 0 Å². The first-order valence-electron chi connectivity index (χ1n) is 9.46. The molecular formula is C23H21N3O2S. The molecule has 4 rings (SSSR count). The van der Waals surface area contributed by atoms with Crippen LogP contribution in [0.4, 0.5) is 0 Å². The summed E-state index contributed by atoms with van der Waals surface area (Å²) in [5.41, 5.74) is 9.33. The molecule has 0 saturated heterocycles. The lowest BCUT2D eigenvalue weighted by Crippen LogP contribution is -2.35. The molecule has 4 aromatic rings. The van der Waals surface area contributed by atoms with Gasteiger partial charge in [-0.25, -0.2) is 4.98 Å². The molecule has 0 spiro atoms. The molecule has 0 radical (unpaired) electrons. The summed E-state index contributed by atoms with van der Waals surface area (Å²) in [6, 6.07) is 17.6. The largest absolute Gasteiger partial charge is 0.368 e. The molecule has 0 aliphatic heterocycles. The third kappa shape index (κ3) is 3.36. The number of carbonyl (C=O) groups excluding carboxylic acids is 1. The van der Waals surface area contributed by atoms with Crippen molar-refractivity contribution in [2.24, 2.45) is 5.73 Å². The second-order valence-corrected chi connectivity index (χ2v) is 7.79. The maximum absolute atomic E-state index is 13.3. The molecule has 0 aliphatic rings. The third-order valence-electron chi connectivity index (χ3n) is 5.15. The number of aryl methyl sites for hydroxylation is 1. The normalized spacial score (nSPS) is 12.2. The molecule has 0 aliphatic carbocycles. The van der Waals surface area contributed by atoms with Crippen LogP contribution in [-0.4, -0.2) is 15.5 Å². The lowest BCUT2D eigenvalue weighted by molar-refractivity contribution is -0.121. The van der Waals surface area contributed by atoms with Gasteiger partial charge in [-0.15, -0.1) is 11.3 Å². The van der Waals surface area contributed by atoms with Crippen molar-refractivity contribution in [1.82, 2.24) is 9.55 Å². The van der Waals surface area contributed by atoms with E-state index in [0.29, 0.717) is 22.5 Å². The van der Waals surface area contributed by atoms with Crippen molar-refractivity contribution in [3.8, 4) is 22.3 Å². The first-order chi connectivity index (χ1) is 14.0. The molecule has 2 heterocycles. The number of fused-ring (bicyclic) bond motifs is 1. The van der Waals surface area contributed by atoms with E-state index in [0.717, 1.165) is 22.3 Å². The van der Waals surface area contributed by atoms with Crippen LogP contribution >= 0.6 is 11.3 Å². The number of thiophene rings is 1. The zero-order valence-electron chi connectivity index (χ0n) is 16.3. The van der Waals surface area contributed by atoms with Crippen LogP contribution in [0, 0.1) is 6.92 Å². The van der Waals surface area contributed by atoms with Gasteiger partial charge >= 0.3 is 0 Å². The smallest absolute Gasteiger partial charge is 0.263 e. The predicted octanol–water partition coefficient (Wildman–Crippen LogP) is 4.54. The van der Waals surface area contributed by atoms with Gasteiger partial charge in [0.2, 0.25) is 5.91 Å². The highest BCUT2D eigenvalue weighted by Gasteiger charge is 2.23. The predicted molar refractivity (Wildman–Crippen MR) is 118 cm³/mol. The van der Waals surface area contributed by atoms with E-state index < -0.39 is 11.9 Å². The van der Waals surface area contributed by atoms with Crippen molar-refractivity contribution >= 4 is 27.5 Å². The maximum Gasteiger partial charge on any atom is 0.263 e. The number of primary amides is 1. The van der Waals surface area contributed by atoms with Gasteiger partial charge in [-0.2, -0.15) is 0 Å². The molecular weight excluding hydrogens is 382 g/mol. The number of nitrogens with zero attached hydrogens (tertiary/aromatic N) is 2. The van der Waals surface area contributed by atoms with Gasteiger partial charge in [0.05, 0.1) is 5.39 Å². The summed E-state index contributed by atoms with van der Waals surface area (Å²) in [5.74, 6) is -0.0242. The maximum atomic E-state index is 13.3. The summed E-state index contributed by atoms with van der Waals surface area (Å²) in [7, 11) is 0. The molecule has 2 aromatic heterocycles. The average Bonchev–Trinajstić information content (AvgIpc) is 3.15. The quantitative estimate of drug-likeness (QED) is 0.531. The summed E-state index contributed by atoms with van der Waals surface area (Å²) in [4.78, 5) is 30.4. The Morgan fingerprint density at radius 1 is 1.07 bits per heavy atom. The van der Waals surface area contributed by atoms with E-state index in [4.69, 9.17) is 5.73 Å². The molecule has 6 heteroatoms. The van der Waals surface area contributed by atoms with E-state index in [-0.39, 0.29) is 5.56 Å². The third-order valence-corrected chi connectivity index (χ3v) is 6.02. The Bertz CT molecular complexity index is 1240. The number of benzene rings is 2. The van der Waals surface area contributed by atoms with Crippen LogP contribution in [0.3, 0.4) is 0 Å². The fourth-order valence-corrected chi connectivity index (χ4v) is 4.65. The van der Waals surface area contributed by atoms with Crippen LogP contribution in [0.5, 0.6) is 0 Å². The van der Waals surface area contributed by atoms with Crippen molar-refractivity contribution < 1.29 is 4.79 Å². The highest BCUT2D eigenvalue weighted by molar-refractivity contribution is 7.17. The van der Waals surface area contributed by atoms with Gasteiger partial charge < -0.3 is 5.73 Å². The lowest BCUT2D eigenvalue weighted by Gasteiger charge is -2.17. The molecule has 0 bridgehead atoms. The van der Waals surface area contributed by atoms with E-state index in [9.17, 15) is 9.59 Å². The number of aromatic nitrogens is 2. The Morgan fingerprint density at radius 3 is 2.31 bits per heavy atom. The molecule has 1 amide bonds. The Kier molecular flexibility index (Phi) is 5.03. The number of hydrogen-bond acceptors (Lipinski definition) is 4. The Balaban J connectivity index is 1.85. The Morgan fingerprint density at radius 2 is 1.69 bits per heavy atom. The molecule has 0 saturated carbocycles. The standard InChI is InChI=1S/C23H21N3O2S/c1-3-19(21(24)27)26-14(2)25-22-20(23(26)28)18(13-29-22)17-11-9-16(10-12-17)15-7-5-4-6-8-15/h4-13,19H,3H2,1-2H3,(H2,24,27). The van der Waals surface area contributed by atoms with Gasteiger partial charge in [0.15, 0.2) is 0 Å². The average molecular weight is 404 g/mol. The van der Waals surface area contributed by atoms with Gasteiger partial charge in [0, 0.05) is 10.9 Å². The van der Waals surface area contributed by atoms with Crippen LogP contribution < -0.4 is 11.3 Å². The van der Waals surface area contributed by atoms with E-state index >= 15 is 0 Å². The summed E-state index contributed by atoms with van der Waals surface area (Å²) in [6.07, 6.45) is 0.439. The van der Waals surface area contributed by atoms with Crippen molar-refractivity contribution in [2.45, 2.75) is 26.3 Å². The van der Waals surface area contributed by atoms with Crippen molar-refractivity contribution in [2.75, 3.05) is 0 Å². The number of nitrogens with two attached hydrogens (primary N) is 1. The van der Waals surface area contributed by atoms with Crippen LogP contribution in [0.25, 0.3) is 32.5 Å². The Labute approximate surface area is 172 Å². The zero-order valence-corrected chi connectivity index (χ0v) is 17.1. The van der Waals surface area contributed by atoms with Gasteiger partial charge in [-0.3, -0.25) is 14.2 Å². The first-order valence-corrected chi connectivity index (χ1v) is 10.3. The first kappa shape index (κ1) is 19.1. The molecule has 1 unspecified atom stereocenters. The second kappa shape index (κ2) is 7.64. The number of hydrogen-bond donors (Lipinski definition) is 1. The molecule has 2 aromatic carbocycles. The number of amides is 1. The highest BCUT2D eigenvalue weighted by Crippen LogP contribution is 2.33. The van der Waals surface area contributed by atoms with Crippen LogP contribution in [0.1, 0.15) is 25.2 Å². The fourth-order valence-electron chi connectivity index (χ4n) is 3.67. The number of carbonyl (C=O) groups is 1. The molecule has 5 nitrogen and oxygen atoms in total. The molecule has 1 atom stereocenters. The molecule has 29 heavy (non-hydrogen) atoms. The van der Waals surface area contributed by atoms with Gasteiger partial charge in [-0.05, 0) is 30.0 Å². The van der Waals surface area contributed by atoms with Crippen molar-refractivity contribution in [3.63, 3.8) is 0 Å². The molecule has 0 fully saturated rings. The Hall–Kier alpha value is -3.25. The molecule has 2 N–H and O–H groups in total. The topological polar surface area (TPSA) is 78.0 Å². The van der Waals surface area contributed by atoms with E-state index in [1.165, 1.54) is 15.9 Å². The lowest BCUT2D eigenvalue weighted by atomic mass is 10.0. The summed E-state index contributed by atoms with van der Waals surface area (Å²) in [6.45, 7) is 3.57. The van der Waals surface area contributed by atoms with E-state index in [1.807, 2.05) is 54.8 Å². The summed E-state index contributed by atoms with van der Waals surface area (Å²) in [5, 5.41) is 2.48. The minimum atomic E-state index is -0.701. The summed E-state index contributed by atoms with van der Waals surface area (Å²) < 4.78 is 1.43. The fraction of sp³-hybridized carbons (Fsp3) is 0.174. The molecule has 146 valence electrons. The van der Waals surface area contributed by atoms with Crippen LogP contribution in [0.15, 0.2) is 64.8 Å². The van der Waals surface area contributed by atoms with Crippen LogP contribution in [-0.2, 0) is 4.79 Å². The zero-order chi connectivity index (χ0) is 20.5.